The van der Waals surface area contributed by atoms with Gasteiger partial charge in [0.2, 0.25) is 0 Å². The summed E-state index contributed by atoms with van der Waals surface area (Å²) in [4.78, 5) is 21.3. The normalized spacial score (nSPS) is 11.9. The van der Waals surface area contributed by atoms with Crippen LogP contribution in [0.1, 0.15) is 0 Å². The predicted molar refractivity (Wildman–Crippen MR) is 48.4 cm³/mol. The van der Waals surface area contributed by atoms with E-state index in [2.05, 4.69) is 10.1 Å². The number of carbonyl (C=O) groups is 2. The zero-order chi connectivity index (χ0) is 11.0. The van der Waals surface area contributed by atoms with Gasteiger partial charge < -0.3 is 26.3 Å². The number of carbonyl (C=O) groups excluding carboxylic acids is 2. The molecule has 0 aliphatic carbocycles. The SMILES string of the molecule is COC(CN)C(=O)NCCOC(N)=O. The summed E-state index contributed by atoms with van der Waals surface area (Å²) in [5.74, 6) is -0.344. The summed E-state index contributed by atoms with van der Waals surface area (Å²) in [5.41, 5.74) is 9.95. The van der Waals surface area contributed by atoms with Crippen LogP contribution >= 0.6 is 0 Å². The summed E-state index contributed by atoms with van der Waals surface area (Å²) in [6.07, 6.45) is -1.55. The number of ether oxygens (including phenoxy) is 2. The number of hydrogen-bond acceptors (Lipinski definition) is 5. The maximum atomic E-state index is 11.2. The highest BCUT2D eigenvalue weighted by molar-refractivity contribution is 5.80. The Labute approximate surface area is 81.7 Å². The number of amides is 2. The first kappa shape index (κ1) is 12.7. The number of nitrogens with one attached hydrogen (secondary N) is 1. The van der Waals surface area contributed by atoms with Gasteiger partial charge in [0.05, 0.1) is 6.54 Å². The molecule has 0 fully saturated rings. The van der Waals surface area contributed by atoms with Gasteiger partial charge in [-0.15, -0.1) is 0 Å². The fourth-order valence-electron chi connectivity index (χ4n) is 0.750. The fourth-order valence-corrected chi connectivity index (χ4v) is 0.750. The quantitative estimate of drug-likeness (QED) is 0.441. The van der Waals surface area contributed by atoms with Gasteiger partial charge in [-0.2, -0.15) is 0 Å². The molecule has 2 amide bonds. The molecule has 0 rings (SSSR count). The van der Waals surface area contributed by atoms with E-state index in [0.717, 1.165) is 0 Å². The lowest BCUT2D eigenvalue weighted by Gasteiger charge is -2.12. The van der Waals surface area contributed by atoms with Gasteiger partial charge in [-0.05, 0) is 0 Å². The monoisotopic (exact) mass is 205 g/mol. The summed E-state index contributed by atoms with van der Waals surface area (Å²) in [7, 11) is 1.39. The molecule has 0 aliphatic heterocycles. The highest BCUT2D eigenvalue weighted by atomic mass is 16.5. The Morgan fingerprint density at radius 1 is 1.50 bits per heavy atom. The number of rotatable bonds is 6. The van der Waals surface area contributed by atoms with Gasteiger partial charge in [0.25, 0.3) is 5.91 Å². The summed E-state index contributed by atoms with van der Waals surface area (Å²) in [5, 5.41) is 2.46. The molecule has 0 aliphatic rings. The second kappa shape index (κ2) is 7.10. The second-order valence-corrected chi connectivity index (χ2v) is 2.42. The van der Waals surface area contributed by atoms with Crippen LogP contribution in [0.25, 0.3) is 0 Å². The molecule has 7 heteroatoms. The number of nitrogens with two attached hydrogens (primary N) is 2. The summed E-state index contributed by atoms with van der Waals surface area (Å²) >= 11 is 0. The molecule has 0 aromatic rings. The van der Waals surface area contributed by atoms with Gasteiger partial charge in [0.1, 0.15) is 12.7 Å². The smallest absolute Gasteiger partial charge is 0.404 e. The van der Waals surface area contributed by atoms with E-state index in [0.29, 0.717) is 0 Å². The molecule has 0 spiro atoms. The Balaban J connectivity index is 3.57. The standard InChI is InChI=1S/C7H15N3O4/c1-13-5(4-8)6(11)10-2-3-14-7(9)12/h5H,2-4,8H2,1H3,(H2,9,12)(H,10,11). The molecule has 0 bridgehead atoms. The van der Waals surface area contributed by atoms with Crippen molar-refractivity contribution in [3.63, 3.8) is 0 Å². The molecular formula is C7H15N3O4. The molecule has 7 nitrogen and oxygen atoms in total. The van der Waals surface area contributed by atoms with E-state index in [1.54, 1.807) is 0 Å². The largest absolute Gasteiger partial charge is 0.448 e. The van der Waals surface area contributed by atoms with E-state index in [9.17, 15) is 9.59 Å². The van der Waals surface area contributed by atoms with Crippen molar-refractivity contribution >= 4 is 12.0 Å². The first-order valence-electron chi connectivity index (χ1n) is 4.04. The Kier molecular flexibility index (Phi) is 6.42. The molecule has 1 unspecified atom stereocenters. The van der Waals surface area contributed by atoms with Crippen LogP contribution in [0.4, 0.5) is 4.79 Å². The van der Waals surface area contributed by atoms with Crippen molar-refractivity contribution in [2.75, 3.05) is 26.8 Å². The van der Waals surface area contributed by atoms with Gasteiger partial charge in [0.15, 0.2) is 0 Å². The molecule has 14 heavy (non-hydrogen) atoms. The average molecular weight is 205 g/mol. The minimum absolute atomic E-state index is 0.0298. The van der Waals surface area contributed by atoms with E-state index in [4.69, 9.17) is 16.2 Å². The topological polar surface area (TPSA) is 117 Å². The molecule has 0 saturated heterocycles. The van der Waals surface area contributed by atoms with E-state index in [1.165, 1.54) is 7.11 Å². The lowest BCUT2D eigenvalue weighted by molar-refractivity contribution is -0.130. The molecule has 0 saturated carbocycles. The van der Waals surface area contributed by atoms with Crippen molar-refractivity contribution in [1.29, 1.82) is 0 Å². The Bertz CT molecular complexity index is 193. The second-order valence-electron chi connectivity index (χ2n) is 2.42. The van der Waals surface area contributed by atoms with E-state index < -0.39 is 12.2 Å². The van der Waals surface area contributed by atoms with Gasteiger partial charge >= 0.3 is 6.09 Å². The lowest BCUT2D eigenvalue weighted by atomic mass is 10.3. The highest BCUT2D eigenvalue weighted by Crippen LogP contribution is 1.85. The van der Waals surface area contributed by atoms with Crippen molar-refractivity contribution in [3.8, 4) is 0 Å². The van der Waals surface area contributed by atoms with Crippen molar-refractivity contribution in [2.45, 2.75) is 6.10 Å². The zero-order valence-corrected chi connectivity index (χ0v) is 7.99. The van der Waals surface area contributed by atoms with Gasteiger partial charge in [-0.1, -0.05) is 0 Å². The van der Waals surface area contributed by atoms with Crippen LogP contribution in [0, 0.1) is 0 Å². The van der Waals surface area contributed by atoms with Crippen molar-refractivity contribution in [2.24, 2.45) is 11.5 Å². The Hall–Kier alpha value is -1.34. The van der Waals surface area contributed by atoms with Crippen LogP contribution in [0.5, 0.6) is 0 Å². The third-order valence-electron chi connectivity index (χ3n) is 1.44. The van der Waals surface area contributed by atoms with Crippen molar-refractivity contribution in [1.82, 2.24) is 5.32 Å². The minimum Gasteiger partial charge on any atom is -0.448 e. The van der Waals surface area contributed by atoms with Gasteiger partial charge in [-0.25, -0.2) is 4.79 Å². The van der Waals surface area contributed by atoms with Crippen molar-refractivity contribution in [3.05, 3.63) is 0 Å². The van der Waals surface area contributed by atoms with E-state index in [1.807, 2.05) is 0 Å². The first-order chi connectivity index (χ1) is 6.61. The fraction of sp³-hybridized carbons (Fsp3) is 0.714. The van der Waals surface area contributed by atoms with Crippen LogP contribution in [0.15, 0.2) is 0 Å². The summed E-state index contributed by atoms with van der Waals surface area (Å²) in [6, 6.07) is 0. The minimum atomic E-state index is -0.874. The van der Waals surface area contributed by atoms with Gasteiger partial charge in [-0.3, -0.25) is 4.79 Å². The molecule has 0 heterocycles. The third-order valence-corrected chi connectivity index (χ3v) is 1.44. The van der Waals surface area contributed by atoms with Crippen LogP contribution in [0.2, 0.25) is 0 Å². The average Bonchev–Trinajstić information content (AvgIpc) is 2.14. The van der Waals surface area contributed by atoms with Crippen LogP contribution in [0.3, 0.4) is 0 Å². The maximum Gasteiger partial charge on any atom is 0.404 e. The van der Waals surface area contributed by atoms with Crippen LogP contribution in [-0.2, 0) is 14.3 Å². The van der Waals surface area contributed by atoms with Crippen LogP contribution in [-0.4, -0.2) is 44.9 Å². The highest BCUT2D eigenvalue weighted by Gasteiger charge is 2.14. The molecule has 5 N–H and O–H groups in total. The third kappa shape index (κ3) is 5.33. The molecular weight excluding hydrogens is 190 g/mol. The predicted octanol–water partition coefficient (Wildman–Crippen LogP) is -1.83. The lowest BCUT2D eigenvalue weighted by Crippen LogP contribution is -2.42. The Morgan fingerprint density at radius 2 is 2.14 bits per heavy atom. The van der Waals surface area contributed by atoms with E-state index in [-0.39, 0.29) is 25.6 Å². The number of methoxy groups -OCH3 is 1. The van der Waals surface area contributed by atoms with E-state index >= 15 is 0 Å². The molecule has 82 valence electrons. The number of hydrogen-bond donors (Lipinski definition) is 3. The summed E-state index contributed by atoms with van der Waals surface area (Å²) in [6.45, 7) is 0.308. The summed E-state index contributed by atoms with van der Waals surface area (Å²) < 4.78 is 9.16. The molecule has 0 aromatic heterocycles. The molecule has 0 aromatic carbocycles. The zero-order valence-electron chi connectivity index (χ0n) is 7.99. The van der Waals surface area contributed by atoms with Gasteiger partial charge in [0, 0.05) is 13.7 Å². The maximum absolute atomic E-state index is 11.2. The molecule has 1 atom stereocenters. The Morgan fingerprint density at radius 3 is 2.57 bits per heavy atom. The van der Waals surface area contributed by atoms with Crippen molar-refractivity contribution < 1.29 is 19.1 Å². The first-order valence-corrected chi connectivity index (χ1v) is 4.04. The van der Waals surface area contributed by atoms with Crippen LogP contribution < -0.4 is 16.8 Å². The number of primary amides is 1. The molecule has 0 radical (unpaired) electrons.